The maximum atomic E-state index is 12.4. The van der Waals surface area contributed by atoms with Gasteiger partial charge in [0.2, 0.25) is 10.0 Å². The number of aliphatic hydroxyl groups is 1. The van der Waals surface area contributed by atoms with E-state index in [2.05, 4.69) is 5.32 Å². The van der Waals surface area contributed by atoms with Gasteiger partial charge in [0.15, 0.2) is 0 Å². The fraction of sp³-hybridized carbons (Fsp3) is 1.00. The SMILES string of the molecule is CC(C)N(CCCO)S(=O)(=O)CC1CCNCC1. The number of aliphatic hydroxyl groups excluding tert-OH is 1. The van der Waals surface area contributed by atoms with Gasteiger partial charge in [-0.2, -0.15) is 4.31 Å². The summed E-state index contributed by atoms with van der Waals surface area (Å²) in [5, 5.41) is 12.1. The van der Waals surface area contributed by atoms with Crippen LogP contribution in [0.1, 0.15) is 33.1 Å². The first-order chi connectivity index (χ1) is 8.47. The highest BCUT2D eigenvalue weighted by Crippen LogP contribution is 2.18. The van der Waals surface area contributed by atoms with Crippen molar-refractivity contribution in [1.29, 1.82) is 0 Å². The van der Waals surface area contributed by atoms with Crippen molar-refractivity contribution in [2.45, 2.75) is 39.2 Å². The Labute approximate surface area is 111 Å². The molecule has 1 aliphatic heterocycles. The van der Waals surface area contributed by atoms with Crippen LogP contribution < -0.4 is 5.32 Å². The summed E-state index contributed by atoms with van der Waals surface area (Å²) in [4.78, 5) is 0. The number of nitrogens with zero attached hydrogens (tertiary/aromatic N) is 1. The van der Waals surface area contributed by atoms with Crippen LogP contribution in [0.4, 0.5) is 0 Å². The van der Waals surface area contributed by atoms with Gasteiger partial charge in [0.1, 0.15) is 0 Å². The molecule has 6 heteroatoms. The molecule has 0 saturated carbocycles. The average Bonchev–Trinajstić information content (AvgIpc) is 2.29. The van der Waals surface area contributed by atoms with Crippen LogP contribution in [0.25, 0.3) is 0 Å². The Morgan fingerprint density at radius 2 is 1.94 bits per heavy atom. The molecule has 0 spiro atoms. The summed E-state index contributed by atoms with van der Waals surface area (Å²) in [5.41, 5.74) is 0. The molecule has 1 heterocycles. The molecule has 18 heavy (non-hydrogen) atoms. The number of hydrogen-bond acceptors (Lipinski definition) is 4. The molecule has 1 aliphatic rings. The first kappa shape index (κ1) is 15.9. The first-order valence-electron chi connectivity index (χ1n) is 6.78. The molecule has 5 nitrogen and oxygen atoms in total. The van der Waals surface area contributed by atoms with Crippen LogP contribution in [0, 0.1) is 5.92 Å². The van der Waals surface area contributed by atoms with E-state index in [1.807, 2.05) is 13.8 Å². The molecule has 0 amide bonds. The van der Waals surface area contributed by atoms with E-state index >= 15 is 0 Å². The van der Waals surface area contributed by atoms with Crippen molar-refractivity contribution in [3.8, 4) is 0 Å². The van der Waals surface area contributed by atoms with Crippen molar-refractivity contribution in [2.24, 2.45) is 5.92 Å². The lowest BCUT2D eigenvalue weighted by molar-refractivity contribution is 0.257. The average molecular weight is 278 g/mol. The minimum absolute atomic E-state index is 0.0338. The Balaban J connectivity index is 2.62. The van der Waals surface area contributed by atoms with Crippen molar-refractivity contribution >= 4 is 10.0 Å². The third-order valence-corrected chi connectivity index (χ3v) is 5.59. The zero-order valence-corrected chi connectivity index (χ0v) is 12.2. The maximum Gasteiger partial charge on any atom is 0.214 e. The third-order valence-electron chi connectivity index (χ3n) is 3.37. The van der Waals surface area contributed by atoms with Gasteiger partial charge >= 0.3 is 0 Å². The molecule has 1 fully saturated rings. The molecule has 1 rings (SSSR count). The van der Waals surface area contributed by atoms with E-state index in [0.717, 1.165) is 25.9 Å². The van der Waals surface area contributed by atoms with E-state index in [1.54, 1.807) is 0 Å². The number of rotatable bonds is 7. The largest absolute Gasteiger partial charge is 0.396 e. The van der Waals surface area contributed by atoms with Gasteiger partial charge in [-0.05, 0) is 52.1 Å². The van der Waals surface area contributed by atoms with Crippen molar-refractivity contribution in [3.63, 3.8) is 0 Å². The Hall–Kier alpha value is -0.170. The van der Waals surface area contributed by atoms with E-state index in [0.29, 0.717) is 13.0 Å². The first-order valence-corrected chi connectivity index (χ1v) is 8.39. The predicted molar refractivity (Wildman–Crippen MR) is 72.9 cm³/mol. The Morgan fingerprint density at radius 3 is 2.44 bits per heavy atom. The van der Waals surface area contributed by atoms with Crippen molar-refractivity contribution in [1.82, 2.24) is 9.62 Å². The number of nitrogens with one attached hydrogen (secondary N) is 1. The van der Waals surface area contributed by atoms with E-state index in [1.165, 1.54) is 4.31 Å². The Bertz CT molecular complexity index is 324. The summed E-state index contributed by atoms with van der Waals surface area (Å²) in [7, 11) is -3.20. The summed E-state index contributed by atoms with van der Waals surface area (Å²) in [5.74, 6) is 0.518. The molecule has 0 aromatic rings. The normalized spacial score (nSPS) is 18.7. The van der Waals surface area contributed by atoms with Gasteiger partial charge in [0, 0.05) is 19.2 Å². The fourth-order valence-corrected chi connectivity index (χ4v) is 4.56. The molecule has 2 N–H and O–H groups in total. The molecule has 0 radical (unpaired) electrons. The number of hydrogen-bond donors (Lipinski definition) is 2. The standard InChI is InChI=1S/C12H26N2O3S/c1-11(2)14(8-3-9-15)18(16,17)10-12-4-6-13-7-5-12/h11-13,15H,3-10H2,1-2H3. The lowest BCUT2D eigenvalue weighted by atomic mass is 10.0. The van der Waals surface area contributed by atoms with Crippen LogP contribution in [0.15, 0.2) is 0 Å². The molecule has 0 aliphatic carbocycles. The van der Waals surface area contributed by atoms with Crippen molar-refractivity contribution < 1.29 is 13.5 Å². The summed E-state index contributed by atoms with van der Waals surface area (Å²) < 4.78 is 26.3. The van der Waals surface area contributed by atoms with Gasteiger partial charge in [-0.3, -0.25) is 0 Å². The quantitative estimate of drug-likeness (QED) is 0.707. The molecule has 0 aromatic heterocycles. The fourth-order valence-electron chi connectivity index (χ4n) is 2.39. The van der Waals surface area contributed by atoms with Crippen LogP contribution in [-0.4, -0.2) is 55.9 Å². The van der Waals surface area contributed by atoms with Gasteiger partial charge in [-0.1, -0.05) is 0 Å². The molecular formula is C12H26N2O3S. The van der Waals surface area contributed by atoms with E-state index < -0.39 is 10.0 Å². The second-order valence-electron chi connectivity index (χ2n) is 5.25. The molecular weight excluding hydrogens is 252 g/mol. The van der Waals surface area contributed by atoms with Gasteiger partial charge in [0.05, 0.1) is 5.75 Å². The third kappa shape index (κ3) is 4.84. The molecule has 0 unspecified atom stereocenters. The van der Waals surface area contributed by atoms with Gasteiger partial charge in [0.25, 0.3) is 0 Å². The van der Waals surface area contributed by atoms with E-state index in [4.69, 9.17) is 5.11 Å². The van der Waals surface area contributed by atoms with E-state index in [9.17, 15) is 8.42 Å². The second kappa shape index (κ2) is 7.43. The lowest BCUT2D eigenvalue weighted by Gasteiger charge is -2.29. The summed E-state index contributed by atoms with van der Waals surface area (Å²) in [6, 6.07) is -0.0386. The zero-order chi connectivity index (χ0) is 13.6. The minimum atomic E-state index is -3.20. The summed E-state index contributed by atoms with van der Waals surface area (Å²) in [6.07, 6.45) is 2.37. The lowest BCUT2D eigenvalue weighted by Crippen LogP contribution is -2.42. The highest BCUT2D eigenvalue weighted by molar-refractivity contribution is 7.89. The minimum Gasteiger partial charge on any atom is -0.396 e. The van der Waals surface area contributed by atoms with Crippen LogP contribution >= 0.6 is 0 Å². The topological polar surface area (TPSA) is 69.6 Å². The number of sulfonamides is 1. The van der Waals surface area contributed by atoms with Gasteiger partial charge in [-0.15, -0.1) is 0 Å². The summed E-state index contributed by atoms with van der Waals surface area (Å²) >= 11 is 0. The molecule has 0 bridgehead atoms. The van der Waals surface area contributed by atoms with Crippen LogP contribution in [0.2, 0.25) is 0 Å². The highest BCUT2D eigenvalue weighted by Gasteiger charge is 2.28. The van der Waals surface area contributed by atoms with Crippen LogP contribution in [-0.2, 0) is 10.0 Å². The molecule has 108 valence electrons. The van der Waals surface area contributed by atoms with Gasteiger partial charge < -0.3 is 10.4 Å². The second-order valence-corrected chi connectivity index (χ2v) is 7.22. The molecule has 1 saturated heterocycles. The van der Waals surface area contributed by atoms with Crippen LogP contribution in [0.5, 0.6) is 0 Å². The summed E-state index contributed by atoms with van der Waals surface area (Å²) in [6.45, 7) is 6.05. The maximum absolute atomic E-state index is 12.4. The van der Waals surface area contributed by atoms with Crippen molar-refractivity contribution in [2.75, 3.05) is 32.0 Å². The van der Waals surface area contributed by atoms with E-state index in [-0.39, 0.29) is 24.3 Å². The number of piperidine rings is 1. The molecule has 0 atom stereocenters. The predicted octanol–water partition coefficient (Wildman–Crippen LogP) is 0.409. The smallest absolute Gasteiger partial charge is 0.214 e. The molecule has 0 aromatic carbocycles. The van der Waals surface area contributed by atoms with Crippen molar-refractivity contribution in [3.05, 3.63) is 0 Å². The highest BCUT2D eigenvalue weighted by atomic mass is 32.2. The Morgan fingerprint density at radius 1 is 1.33 bits per heavy atom. The monoisotopic (exact) mass is 278 g/mol. The van der Waals surface area contributed by atoms with Gasteiger partial charge in [-0.25, -0.2) is 8.42 Å². The Kier molecular flexibility index (Phi) is 6.55. The van der Waals surface area contributed by atoms with Crippen LogP contribution in [0.3, 0.4) is 0 Å². The zero-order valence-electron chi connectivity index (χ0n) is 11.4.